The molecule has 90 valence electrons. The molecule has 17 heavy (non-hydrogen) atoms. The fraction of sp³-hybridized carbons (Fsp3) is 0.273. The average molecular weight is 271 g/mol. The van der Waals surface area contributed by atoms with E-state index in [1.807, 2.05) is 11.4 Å². The van der Waals surface area contributed by atoms with Crippen molar-refractivity contribution in [2.75, 3.05) is 13.7 Å². The Bertz CT molecular complexity index is 476. The van der Waals surface area contributed by atoms with Crippen LogP contribution in [-0.4, -0.2) is 23.7 Å². The molecule has 0 aliphatic heterocycles. The van der Waals surface area contributed by atoms with E-state index in [0.717, 1.165) is 6.42 Å². The van der Waals surface area contributed by atoms with E-state index in [-0.39, 0.29) is 5.15 Å². The summed E-state index contributed by atoms with van der Waals surface area (Å²) in [5.74, 6) is 0.754. The highest BCUT2D eigenvalue weighted by Gasteiger charge is 2.11. The molecule has 0 atom stereocenters. The van der Waals surface area contributed by atoms with Gasteiger partial charge in [0.25, 0.3) is 5.88 Å². The molecule has 0 amide bonds. The highest BCUT2D eigenvalue weighted by molar-refractivity contribution is 7.09. The standard InChI is InChI=1S/C11H11ClN2O2S/c1-15-9-10(12)13-7-14-11(9)16-5-4-8-3-2-6-17-8/h2-3,6-7H,4-5H2,1H3. The van der Waals surface area contributed by atoms with Crippen molar-refractivity contribution in [3.63, 3.8) is 0 Å². The third-order valence-corrected chi connectivity index (χ3v) is 3.30. The maximum Gasteiger partial charge on any atom is 0.261 e. The molecule has 0 unspecified atom stereocenters. The predicted molar refractivity (Wildman–Crippen MR) is 67.1 cm³/mol. The third kappa shape index (κ3) is 3.08. The van der Waals surface area contributed by atoms with Crippen LogP contribution in [0.3, 0.4) is 0 Å². The van der Waals surface area contributed by atoms with E-state index < -0.39 is 0 Å². The highest BCUT2D eigenvalue weighted by atomic mass is 35.5. The Morgan fingerprint density at radius 2 is 2.29 bits per heavy atom. The van der Waals surface area contributed by atoms with Crippen LogP contribution in [0.2, 0.25) is 5.15 Å². The zero-order valence-electron chi connectivity index (χ0n) is 9.22. The van der Waals surface area contributed by atoms with Crippen molar-refractivity contribution in [2.45, 2.75) is 6.42 Å². The zero-order chi connectivity index (χ0) is 12.1. The first kappa shape index (κ1) is 12.1. The Labute approximate surface area is 108 Å². The number of aromatic nitrogens is 2. The van der Waals surface area contributed by atoms with Gasteiger partial charge in [0.2, 0.25) is 5.75 Å². The van der Waals surface area contributed by atoms with E-state index in [4.69, 9.17) is 21.1 Å². The number of ether oxygens (including phenoxy) is 2. The second kappa shape index (κ2) is 5.84. The minimum absolute atomic E-state index is 0.258. The van der Waals surface area contributed by atoms with Crippen LogP contribution < -0.4 is 9.47 Å². The fourth-order valence-corrected chi connectivity index (χ4v) is 2.21. The second-order valence-electron chi connectivity index (χ2n) is 3.18. The van der Waals surface area contributed by atoms with Crippen LogP contribution >= 0.6 is 22.9 Å². The number of hydrogen-bond donors (Lipinski definition) is 0. The van der Waals surface area contributed by atoms with Gasteiger partial charge >= 0.3 is 0 Å². The van der Waals surface area contributed by atoms with E-state index in [1.165, 1.54) is 18.3 Å². The largest absolute Gasteiger partial charge is 0.489 e. The van der Waals surface area contributed by atoms with Gasteiger partial charge in [-0.1, -0.05) is 17.7 Å². The van der Waals surface area contributed by atoms with Crippen LogP contribution in [0.25, 0.3) is 0 Å². The van der Waals surface area contributed by atoms with Crippen LogP contribution in [0.4, 0.5) is 0 Å². The molecule has 2 rings (SSSR count). The van der Waals surface area contributed by atoms with Gasteiger partial charge in [0.15, 0.2) is 5.15 Å². The van der Waals surface area contributed by atoms with Gasteiger partial charge in [0.05, 0.1) is 13.7 Å². The number of thiophene rings is 1. The van der Waals surface area contributed by atoms with Crippen LogP contribution in [0.15, 0.2) is 23.8 Å². The molecule has 0 N–H and O–H groups in total. The van der Waals surface area contributed by atoms with Gasteiger partial charge in [-0.25, -0.2) is 4.98 Å². The van der Waals surface area contributed by atoms with Crippen molar-refractivity contribution in [1.82, 2.24) is 9.97 Å². The lowest BCUT2D eigenvalue weighted by Crippen LogP contribution is -2.04. The Kier molecular flexibility index (Phi) is 4.17. The maximum absolute atomic E-state index is 5.85. The molecule has 2 aromatic heterocycles. The van der Waals surface area contributed by atoms with Crippen LogP contribution in [0.1, 0.15) is 4.88 Å². The van der Waals surface area contributed by atoms with Crippen LogP contribution in [-0.2, 0) is 6.42 Å². The topological polar surface area (TPSA) is 44.2 Å². The molecule has 6 heteroatoms. The van der Waals surface area contributed by atoms with Gasteiger partial charge < -0.3 is 9.47 Å². The number of hydrogen-bond acceptors (Lipinski definition) is 5. The van der Waals surface area contributed by atoms with Crippen molar-refractivity contribution in [2.24, 2.45) is 0 Å². The minimum atomic E-state index is 0.258. The first-order valence-corrected chi connectivity index (χ1v) is 6.26. The number of halogens is 1. The normalized spacial score (nSPS) is 10.2. The van der Waals surface area contributed by atoms with Crippen molar-refractivity contribution >= 4 is 22.9 Å². The number of methoxy groups -OCH3 is 1. The van der Waals surface area contributed by atoms with E-state index in [1.54, 1.807) is 11.3 Å². The smallest absolute Gasteiger partial charge is 0.261 e. The summed E-state index contributed by atoms with van der Waals surface area (Å²) < 4.78 is 10.6. The van der Waals surface area contributed by atoms with E-state index in [9.17, 15) is 0 Å². The lowest BCUT2D eigenvalue weighted by Gasteiger charge is -2.09. The molecule has 4 nitrogen and oxygen atoms in total. The summed E-state index contributed by atoms with van der Waals surface area (Å²) in [5.41, 5.74) is 0. The summed E-state index contributed by atoms with van der Waals surface area (Å²) in [6.45, 7) is 0.532. The van der Waals surface area contributed by atoms with Crippen molar-refractivity contribution in [3.8, 4) is 11.6 Å². The molecule has 0 aliphatic carbocycles. The molecular formula is C11H11ClN2O2S. The van der Waals surface area contributed by atoms with Crippen molar-refractivity contribution in [3.05, 3.63) is 33.9 Å². The Hall–Kier alpha value is -1.33. The summed E-state index contributed by atoms with van der Waals surface area (Å²) >= 11 is 7.56. The average Bonchev–Trinajstić information content (AvgIpc) is 2.82. The zero-order valence-corrected chi connectivity index (χ0v) is 10.8. The van der Waals surface area contributed by atoms with Crippen molar-refractivity contribution < 1.29 is 9.47 Å². The molecule has 0 radical (unpaired) electrons. The number of rotatable bonds is 5. The molecule has 0 spiro atoms. The molecular weight excluding hydrogens is 260 g/mol. The van der Waals surface area contributed by atoms with Crippen molar-refractivity contribution in [1.29, 1.82) is 0 Å². The quantitative estimate of drug-likeness (QED) is 0.784. The van der Waals surface area contributed by atoms with Gasteiger partial charge in [-0.3, -0.25) is 0 Å². The lowest BCUT2D eigenvalue weighted by molar-refractivity contribution is 0.285. The van der Waals surface area contributed by atoms with Gasteiger partial charge in [0.1, 0.15) is 6.33 Å². The summed E-state index contributed by atoms with van der Waals surface area (Å²) in [7, 11) is 1.51. The van der Waals surface area contributed by atoms with E-state index in [2.05, 4.69) is 16.0 Å². The Morgan fingerprint density at radius 3 is 3.00 bits per heavy atom. The first-order valence-electron chi connectivity index (χ1n) is 5.01. The molecule has 0 saturated carbocycles. The van der Waals surface area contributed by atoms with Gasteiger partial charge in [0, 0.05) is 11.3 Å². The second-order valence-corrected chi connectivity index (χ2v) is 4.57. The first-order chi connectivity index (χ1) is 8.31. The number of nitrogens with zero attached hydrogens (tertiary/aromatic N) is 2. The van der Waals surface area contributed by atoms with Gasteiger partial charge in [-0.15, -0.1) is 11.3 Å². The molecule has 0 bridgehead atoms. The summed E-state index contributed by atoms with van der Waals surface area (Å²) in [6, 6.07) is 4.08. The Balaban J connectivity index is 1.97. The maximum atomic E-state index is 5.85. The summed E-state index contributed by atoms with van der Waals surface area (Å²) in [4.78, 5) is 9.08. The van der Waals surface area contributed by atoms with Crippen LogP contribution in [0, 0.1) is 0 Å². The molecule has 0 fully saturated rings. The predicted octanol–water partition coefficient (Wildman–Crippen LogP) is 2.82. The fourth-order valence-electron chi connectivity index (χ4n) is 1.31. The molecule has 0 saturated heterocycles. The molecule has 0 aromatic carbocycles. The monoisotopic (exact) mass is 270 g/mol. The Morgan fingerprint density at radius 1 is 1.41 bits per heavy atom. The van der Waals surface area contributed by atoms with Gasteiger partial charge in [-0.05, 0) is 11.4 Å². The third-order valence-electron chi connectivity index (χ3n) is 2.10. The minimum Gasteiger partial charge on any atom is -0.489 e. The van der Waals surface area contributed by atoms with E-state index >= 15 is 0 Å². The van der Waals surface area contributed by atoms with Crippen LogP contribution in [0.5, 0.6) is 11.6 Å². The molecule has 0 aliphatic rings. The van der Waals surface area contributed by atoms with Gasteiger partial charge in [-0.2, -0.15) is 4.98 Å². The van der Waals surface area contributed by atoms with E-state index in [0.29, 0.717) is 18.2 Å². The molecule has 2 heterocycles. The highest BCUT2D eigenvalue weighted by Crippen LogP contribution is 2.30. The SMILES string of the molecule is COc1c(Cl)ncnc1OCCc1cccs1. The summed E-state index contributed by atoms with van der Waals surface area (Å²) in [5, 5.41) is 2.30. The summed E-state index contributed by atoms with van der Waals surface area (Å²) in [6.07, 6.45) is 2.19. The lowest BCUT2D eigenvalue weighted by atomic mass is 10.4. The molecule has 2 aromatic rings.